The fraction of sp³-hybridized carbons (Fsp3) is 0.250. The summed E-state index contributed by atoms with van der Waals surface area (Å²) < 4.78 is 1.60. The molecule has 1 aliphatic heterocycles. The molecule has 1 saturated heterocycles. The SMILES string of the molecule is O=c1c2ccccc2cnn1CCN1CCN(c2cccc3ccccc23)CC1. The number of hydrogen-bond donors (Lipinski definition) is 0. The molecule has 0 amide bonds. The summed E-state index contributed by atoms with van der Waals surface area (Å²) in [6.45, 7) is 5.44. The van der Waals surface area contributed by atoms with Crippen molar-refractivity contribution in [2.75, 3.05) is 37.6 Å². The molecule has 146 valence electrons. The molecule has 0 atom stereocenters. The predicted octanol–water partition coefficient (Wildman–Crippen LogP) is 3.37. The van der Waals surface area contributed by atoms with Crippen LogP contribution in [0, 0.1) is 0 Å². The fourth-order valence-corrected chi connectivity index (χ4v) is 4.22. The molecule has 4 aromatic rings. The molecule has 0 N–H and O–H groups in total. The van der Waals surface area contributed by atoms with E-state index in [1.807, 2.05) is 24.3 Å². The van der Waals surface area contributed by atoms with Gasteiger partial charge in [0, 0.05) is 49.2 Å². The third-order valence-corrected chi connectivity index (χ3v) is 5.87. The second kappa shape index (κ2) is 7.68. The summed E-state index contributed by atoms with van der Waals surface area (Å²) in [6.07, 6.45) is 1.79. The molecule has 1 fully saturated rings. The maximum Gasteiger partial charge on any atom is 0.274 e. The standard InChI is InChI=1S/C24H24N4O/c29-24-22-10-4-2-7-20(22)18-25-28(24)17-14-26-12-15-27(16-13-26)23-11-5-8-19-6-1-3-9-21(19)23/h1-11,18H,12-17H2. The number of benzene rings is 3. The summed E-state index contributed by atoms with van der Waals surface area (Å²) in [5, 5.41) is 8.60. The Bertz CT molecular complexity index is 1200. The van der Waals surface area contributed by atoms with Crippen LogP contribution in [0.2, 0.25) is 0 Å². The second-order valence-electron chi connectivity index (χ2n) is 7.59. The van der Waals surface area contributed by atoms with Crippen molar-refractivity contribution < 1.29 is 0 Å². The minimum atomic E-state index is -0.00232. The first kappa shape index (κ1) is 17.9. The van der Waals surface area contributed by atoms with Crippen LogP contribution in [0.15, 0.2) is 77.7 Å². The third-order valence-electron chi connectivity index (χ3n) is 5.87. The van der Waals surface area contributed by atoms with Crippen molar-refractivity contribution in [3.05, 3.63) is 83.3 Å². The molecule has 3 aromatic carbocycles. The summed E-state index contributed by atoms with van der Waals surface area (Å²) >= 11 is 0. The molecule has 5 heteroatoms. The van der Waals surface area contributed by atoms with Crippen LogP contribution in [0.3, 0.4) is 0 Å². The molecule has 0 aliphatic carbocycles. The Morgan fingerprint density at radius 1 is 0.724 bits per heavy atom. The Morgan fingerprint density at radius 2 is 1.41 bits per heavy atom. The number of rotatable bonds is 4. The summed E-state index contributed by atoms with van der Waals surface area (Å²) in [4.78, 5) is 17.5. The van der Waals surface area contributed by atoms with Gasteiger partial charge in [0.1, 0.15) is 0 Å². The maximum absolute atomic E-state index is 12.6. The molecular formula is C24H24N4O. The maximum atomic E-state index is 12.6. The van der Waals surface area contributed by atoms with Crippen LogP contribution in [0.1, 0.15) is 0 Å². The van der Waals surface area contributed by atoms with Crippen molar-refractivity contribution in [3.8, 4) is 0 Å². The Kier molecular flexibility index (Phi) is 4.74. The van der Waals surface area contributed by atoms with Crippen molar-refractivity contribution in [3.63, 3.8) is 0 Å². The molecular weight excluding hydrogens is 360 g/mol. The van der Waals surface area contributed by atoms with Gasteiger partial charge in [-0.05, 0) is 17.5 Å². The van der Waals surface area contributed by atoms with Gasteiger partial charge in [-0.15, -0.1) is 0 Å². The minimum Gasteiger partial charge on any atom is -0.368 e. The Morgan fingerprint density at radius 3 is 2.24 bits per heavy atom. The zero-order valence-electron chi connectivity index (χ0n) is 16.4. The molecule has 2 heterocycles. The van der Waals surface area contributed by atoms with Gasteiger partial charge in [-0.25, -0.2) is 4.68 Å². The molecule has 1 aromatic heterocycles. The Labute approximate surface area is 169 Å². The lowest BCUT2D eigenvalue weighted by Gasteiger charge is -2.36. The minimum absolute atomic E-state index is 0.00232. The molecule has 1 aliphatic rings. The van der Waals surface area contributed by atoms with E-state index in [1.54, 1.807) is 10.9 Å². The van der Waals surface area contributed by atoms with Crippen molar-refractivity contribution in [2.24, 2.45) is 0 Å². The zero-order valence-corrected chi connectivity index (χ0v) is 16.4. The second-order valence-corrected chi connectivity index (χ2v) is 7.59. The van der Waals surface area contributed by atoms with Crippen molar-refractivity contribution in [2.45, 2.75) is 6.54 Å². The molecule has 0 spiro atoms. The lowest BCUT2D eigenvalue weighted by atomic mass is 10.1. The predicted molar refractivity (Wildman–Crippen MR) is 119 cm³/mol. The highest BCUT2D eigenvalue weighted by Gasteiger charge is 2.18. The van der Waals surface area contributed by atoms with Crippen LogP contribution in [0.4, 0.5) is 5.69 Å². The van der Waals surface area contributed by atoms with Crippen LogP contribution in [0.25, 0.3) is 21.5 Å². The van der Waals surface area contributed by atoms with Gasteiger partial charge in [0.05, 0.1) is 18.1 Å². The highest BCUT2D eigenvalue weighted by atomic mass is 16.1. The lowest BCUT2D eigenvalue weighted by molar-refractivity contribution is 0.243. The van der Waals surface area contributed by atoms with Gasteiger partial charge in [-0.2, -0.15) is 5.10 Å². The van der Waals surface area contributed by atoms with E-state index in [0.717, 1.165) is 43.5 Å². The first-order valence-electron chi connectivity index (χ1n) is 10.2. The van der Waals surface area contributed by atoms with E-state index < -0.39 is 0 Å². The normalized spacial score (nSPS) is 15.2. The zero-order chi connectivity index (χ0) is 19.6. The van der Waals surface area contributed by atoms with Gasteiger partial charge in [-0.1, -0.05) is 54.6 Å². The van der Waals surface area contributed by atoms with E-state index in [1.165, 1.54) is 16.5 Å². The average Bonchev–Trinajstić information content (AvgIpc) is 2.79. The lowest BCUT2D eigenvalue weighted by Crippen LogP contribution is -2.47. The average molecular weight is 384 g/mol. The van der Waals surface area contributed by atoms with Gasteiger partial charge < -0.3 is 4.90 Å². The van der Waals surface area contributed by atoms with Crippen molar-refractivity contribution >= 4 is 27.2 Å². The van der Waals surface area contributed by atoms with E-state index in [0.29, 0.717) is 6.54 Å². The van der Waals surface area contributed by atoms with Crippen LogP contribution < -0.4 is 10.5 Å². The summed E-state index contributed by atoms with van der Waals surface area (Å²) in [5.41, 5.74) is 1.31. The number of aromatic nitrogens is 2. The first-order chi connectivity index (χ1) is 14.3. The van der Waals surface area contributed by atoms with E-state index >= 15 is 0 Å². The van der Waals surface area contributed by atoms with E-state index in [2.05, 4.69) is 57.4 Å². The van der Waals surface area contributed by atoms with Crippen LogP contribution in [-0.2, 0) is 6.54 Å². The number of hydrogen-bond acceptors (Lipinski definition) is 4. The number of fused-ring (bicyclic) bond motifs is 2. The topological polar surface area (TPSA) is 41.4 Å². The molecule has 5 rings (SSSR count). The van der Waals surface area contributed by atoms with Gasteiger partial charge in [-0.3, -0.25) is 9.69 Å². The van der Waals surface area contributed by atoms with E-state index in [-0.39, 0.29) is 5.56 Å². The van der Waals surface area contributed by atoms with Gasteiger partial charge in [0.2, 0.25) is 0 Å². The molecule has 0 bridgehead atoms. The Balaban J connectivity index is 1.25. The molecule has 0 unspecified atom stereocenters. The van der Waals surface area contributed by atoms with Crippen LogP contribution >= 0.6 is 0 Å². The first-order valence-corrected chi connectivity index (χ1v) is 10.2. The van der Waals surface area contributed by atoms with Crippen LogP contribution in [0.5, 0.6) is 0 Å². The monoisotopic (exact) mass is 384 g/mol. The number of anilines is 1. The van der Waals surface area contributed by atoms with Crippen molar-refractivity contribution in [1.29, 1.82) is 0 Å². The smallest absolute Gasteiger partial charge is 0.274 e. The molecule has 0 radical (unpaired) electrons. The molecule has 5 nitrogen and oxygen atoms in total. The highest BCUT2D eigenvalue weighted by molar-refractivity contribution is 5.94. The summed E-state index contributed by atoms with van der Waals surface area (Å²) in [5.74, 6) is 0. The van der Waals surface area contributed by atoms with Gasteiger partial charge in [0.25, 0.3) is 5.56 Å². The van der Waals surface area contributed by atoms with Crippen LogP contribution in [-0.4, -0.2) is 47.4 Å². The van der Waals surface area contributed by atoms with Gasteiger partial charge in [0.15, 0.2) is 0 Å². The summed E-state index contributed by atoms with van der Waals surface area (Å²) in [7, 11) is 0. The molecule has 29 heavy (non-hydrogen) atoms. The fourth-order valence-electron chi connectivity index (χ4n) is 4.22. The summed E-state index contributed by atoms with van der Waals surface area (Å²) in [6, 6.07) is 22.7. The van der Waals surface area contributed by atoms with Crippen molar-refractivity contribution in [1.82, 2.24) is 14.7 Å². The quantitative estimate of drug-likeness (QED) is 0.541. The highest BCUT2D eigenvalue weighted by Crippen LogP contribution is 2.27. The molecule has 0 saturated carbocycles. The largest absolute Gasteiger partial charge is 0.368 e. The van der Waals surface area contributed by atoms with E-state index in [4.69, 9.17) is 0 Å². The number of piperazine rings is 1. The van der Waals surface area contributed by atoms with E-state index in [9.17, 15) is 4.79 Å². The number of nitrogens with zero attached hydrogens (tertiary/aromatic N) is 4. The Hall–Kier alpha value is -3.18. The third kappa shape index (κ3) is 3.49. The van der Waals surface area contributed by atoms with Gasteiger partial charge >= 0.3 is 0 Å².